The monoisotopic (exact) mass is 308 g/mol. The smallest absolute Gasteiger partial charge is 0.185 e. The molecular formula is C16H28N4S. The molecule has 1 N–H and O–H groups in total. The van der Waals surface area contributed by atoms with Crippen molar-refractivity contribution in [3.8, 4) is 0 Å². The molecule has 2 unspecified atom stereocenters. The largest absolute Gasteiger partial charge is 0.348 e. The molecule has 2 fully saturated rings. The summed E-state index contributed by atoms with van der Waals surface area (Å²) in [6, 6.07) is 0.803. The van der Waals surface area contributed by atoms with Crippen molar-refractivity contribution >= 4 is 16.5 Å². The van der Waals surface area contributed by atoms with Crippen LogP contribution in [0.4, 0.5) is 5.13 Å². The third-order valence-corrected chi connectivity index (χ3v) is 6.25. The number of likely N-dealkylation sites (tertiary alicyclic amines) is 1. The van der Waals surface area contributed by atoms with Crippen LogP contribution in [0.3, 0.4) is 0 Å². The summed E-state index contributed by atoms with van der Waals surface area (Å²) >= 11 is 1.88. The molecule has 0 amide bonds. The Hall–Kier alpha value is -0.650. The Labute approximate surface area is 132 Å². The molecule has 2 aliphatic heterocycles. The molecule has 0 aliphatic carbocycles. The van der Waals surface area contributed by atoms with Gasteiger partial charge in [-0.25, -0.2) is 4.98 Å². The van der Waals surface area contributed by atoms with Crippen molar-refractivity contribution in [3.05, 3.63) is 10.6 Å². The molecule has 0 bridgehead atoms. The Morgan fingerprint density at radius 3 is 3.00 bits per heavy atom. The summed E-state index contributed by atoms with van der Waals surface area (Å²) in [7, 11) is 2.30. The molecule has 0 radical (unpaired) electrons. The van der Waals surface area contributed by atoms with Gasteiger partial charge in [0.25, 0.3) is 0 Å². The van der Waals surface area contributed by atoms with Gasteiger partial charge in [0.2, 0.25) is 0 Å². The van der Waals surface area contributed by atoms with E-state index in [1.807, 2.05) is 11.3 Å². The maximum absolute atomic E-state index is 4.83. The van der Waals surface area contributed by atoms with Gasteiger partial charge in [-0.1, -0.05) is 6.92 Å². The van der Waals surface area contributed by atoms with E-state index in [2.05, 4.69) is 36.0 Å². The maximum atomic E-state index is 4.83. The van der Waals surface area contributed by atoms with Crippen LogP contribution < -0.4 is 10.2 Å². The highest BCUT2D eigenvalue weighted by Crippen LogP contribution is 2.34. The zero-order chi connectivity index (χ0) is 14.8. The van der Waals surface area contributed by atoms with Crippen LogP contribution in [0.2, 0.25) is 0 Å². The van der Waals surface area contributed by atoms with Crippen LogP contribution in [0.15, 0.2) is 0 Å². The number of nitrogens with zero attached hydrogens (tertiary/aromatic N) is 3. The lowest BCUT2D eigenvalue weighted by molar-refractivity contribution is 0.102. The molecule has 0 saturated carbocycles. The quantitative estimate of drug-likeness (QED) is 0.926. The van der Waals surface area contributed by atoms with Crippen LogP contribution in [-0.2, 0) is 6.54 Å². The molecule has 0 aromatic carbocycles. The van der Waals surface area contributed by atoms with Crippen LogP contribution >= 0.6 is 11.3 Å². The second-order valence-corrected chi connectivity index (χ2v) is 7.53. The summed E-state index contributed by atoms with van der Waals surface area (Å²) in [6.45, 7) is 9.93. The fraction of sp³-hybridized carbons (Fsp3) is 0.812. The number of anilines is 1. The predicted octanol–water partition coefficient (Wildman–Crippen LogP) is 2.48. The van der Waals surface area contributed by atoms with E-state index in [0.717, 1.165) is 25.0 Å². The SMILES string of the molecule is CCNCc1sc(N2CCC3C(CCCN3C)C2)nc1C. The van der Waals surface area contributed by atoms with Crippen molar-refractivity contribution in [1.29, 1.82) is 0 Å². The zero-order valence-electron chi connectivity index (χ0n) is 13.6. The van der Waals surface area contributed by atoms with Gasteiger partial charge in [-0.2, -0.15) is 0 Å². The molecule has 5 heteroatoms. The molecule has 3 heterocycles. The van der Waals surface area contributed by atoms with E-state index >= 15 is 0 Å². The highest BCUT2D eigenvalue weighted by atomic mass is 32.1. The van der Waals surface area contributed by atoms with Crippen molar-refractivity contribution < 1.29 is 0 Å². The lowest BCUT2D eigenvalue weighted by Gasteiger charge is -2.45. The van der Waals surface area contributed by atoms with Crippen LogP contribution in [0, 0.1) is 12.8 Å². The molecule has 0 spiro atoms. The minimum atomic E-state index is 0.803. The Morgan fingerprint density at radius 2 is 2.19 bits per heavy atom. The summed E-state index contributed by atoms with van der Waals surface area (Å²) < 4.78 is 0. The minimum absolute atomic E-state index is 0.803. The van der Waals surface area contributed by atoms with Gasteiger partial charge in [0.15, 0.2) is 5.13 Å². The molecule has 2 atom stereocenters. The first-order chi connectivity index (χ1) is 10.2. The molecule has 118 valence electrons. The van der Waals surface area contributed by atoms with E-state index in [0.29, 0.717) is 0 Å². The third-order valence-electron chi connectivity index (χ3n) is 5.03. The van der Waals surface area contributed by atoms with E-state index < -0.39 is 0 Å². The molecule has 2 aliphatic rings. The summed E-state index contributed by atoms with van der Waals surface area (Å²) in [5.41, 5.74) is 1.21. The van der Waals surface area contributed by atoms with E-state index in [-0.39, 0.29) is 0 Å². The normalized spacial score (nSPS) is 26.9. The molecule has 21 heavy (non-hydrogen) atoms. The van der Waals surface area contributed by atoms with Gasteiger partial charge < -0.3 is 15.1 Å². The van der Waals surface area contributed by atoms with Crippen LogP contribution in [-0.4, -0.2) is 49.2 Å². The third kappa shape index (κ3) is 3.25. The topological polar surface area (TPSA) is 31.4 Å². The van der Waals surface area contributed by atoms with Crippen LogP contribution in [0.25, 0.3) is 0 Å². The van der Waals surface area contributed by atoms with Gasteiger partial charge in [-0.05, 0) is 52.2 Å². The number of thiazole rings is 1. The first-order valence-corrected chi connectivity index (χ1v) is 9.13. The van der Waals surface area contributed by atoms with Crippen molar-refractivity contribution in [1.82, 2.24) is 15.2 Å². The summed E-state index contributed by atoms with van der Waals surface area (Å²) in [5, 5.41) is 4.66. The number of aryl methyl sites for hydroxylation is 1. The highest BCUT2D eigenvalue weighted by molar-refractivity contribution is 7.15. The van der Waals surface area contributed by atoms with Gasteiger partial charge in [-0.3, -0.25) is 0 Å². The van der Waals surface area contributed by atoms with Crippen molar-refractivity contribution in [2.75, 3.05) is 38.1 Å². The summed E-state index contributed by atoms with van der Waals surface area (Å²) in [4.78, 5) is 11.3. The number of aromatic nitrogens is 1. The van der Waals surface area contributed by atoms with Gasteiger partial charge >= 0.3 is 0 Å². The van der Waals surface area contributed by atoms with Crippen molar-refractivity contribution in [2.24, 2.45) is 5.92 Å². The molecule has 2 saturated heterocycles. The second-order valence-electron chi connectivity index (χ2n) is 6.47. The van der Waals surface area contributed by atoms with Gasteiger partial charge in [0.05, 0.1) is 5.69 Å². The van der Waals surface area contributed by atoms with E-state index in [4.69, 9.17) is 4.98 Å². The minimum Gasteiger partial charge on any atom is -0.348 e. The first-order valence-electron chi connectivity index (χ1n) is 8.31. The number of nitrogens with one attached hydrogen (secondary N) is 1. The molecule has 1 aromatic heterocycles. The summed E-state index contributed by atoms with van der Waals surface area (Å²) in [5.74, 6) is 0.832. The number of hydrogen-bond donors (Lipinski definition) is 1. The Kier molecular flexibility index (Phi) is 4.82. The van der Waals surface area contributed by atoms with Crippen molar-refractivity contribution in [3.63, 3.8) is 0 Å². The van der Waals surface area contributed by atoms with Crippen LogP contribution in [0.5, 0.6) is 0 Å². The molecule has 3 rings (SSSR count). The zero-order valence-corrected chi connectivity index (χ0v) is 14.4. The van der Waals surface area contributed by atoms with Gasteiger partial charge in [-0.15, -0.1) is 11.3 Å². The number of rotatable bonds is 4. The first kappa shape index (κ1) is 15.3. The number of hydrogen-bond acceptors (Lipinski definition) is 5. The molecule has 1 aromatic rings. The lowest BCUT2D eigenvalue weighted by Crippen LogP contribution is -2.52. The van der Waals surface area contributed by atoms with E-state index in [9.17, 15) is 0 Å². The molecular weight excluding hydrogens is 280 g/mol. The van der Waals surface area contributed by atoms with E-state index in [1.165, 1.54) is 54.6 Å². The Morgan fingerprint density at radius 1 is 1.33 bits per heavy atom. The second kappa shape index (κ2) is 6.63. The standard InChI is InChI=1S/C16H28N4S/c1-4-17-10-15-12(2)18-16(21-15)20-9-7-14-13(11-20)6-5-8-19(14)3/h13-14,17H,4-11H2,1-3H3. The average molecular weight is 308 g/mol. The highest BCUT2D eigenvalue weighted by Gasteiger charge is 2.35. The molecule has 4 nitrogen and oxygen atoms in total. The van der Waals surface area contributed by atoms with Gasteiger partial charge in [0.1, 0.15) is 0 Å². The fourth-order valence-electron chi connectivity index (χ4n) is 3.78. The number of fused-ring (bicyclic) bond motifs is 1. The predicted molar refractivity (Wildman–Crippen MR) is 90.2 cm³/mol. The van der Waals surface area contributed by atoms with Crippen molar-refractivity contribution in [2.45, 2.75) is 45.7 Å². The maximum Gasteiger partial charge on any atom is 0.185 e. The summed E-state index contributed by atoms with van der Waals surface area (Å²) in [6.07, 6.45) is 4.04. The van der Waals surface area contributed by atoms with Gasteiger partial charge in [0, 0.05) is 30.6 Å². The fourth-order valence-corrected chi connectivity index (χ4v) is 4.84. The average Bonchev–Trinajstić information content (AvgIpc) is 2.86. The Bertz CT molecular complexity index is 473. The Balaban J connectivity index is 1.67. The van der Waals surface area contributed by atoms with E-state index in [1.54, 1.807) is 0 Å². The van der Waals surface area contributed by atoms with Crippen LogP contribution in [0.1, 0.15) is 36.8 Å². The lowest BCUT2D eigenvalue weighted by atomic mass is 9.84. The number of piperidine rings is 2.